The van der Waals surface area contributed by atoms with Crippen molar-refractivity contribution in [2.24, 2.45) is 337 Å². The van der Waals surface area contributed by atoms with E-state index in [4.69, 9.17) is 0 Å². The molecule has 49 aliphatic carbocycles. The average Bonchev–Trinajstić information content (AvgIpc) is 3.14. The first kappa shape index (κ1) is 19.7. The van der Waals surface area contributed by atoms with Crippen LogP contribution in [0.1, 0.15) is 19.3 Å². The molecule has 0 aliphatic heterocycles. The summed E-state index contributed by atoms with van der Waals surface area (Å²) < 4.78 is 0. The van der Waals surface area contributed by atoms with E-state index in [2.05, 4.69) is 0 Å². The maximum atomic E-state index is 1.96. The average molecular weight is 787 g/mol. The molecule has 49 rings (SSSR count). The molecular formula is C63H30. The zero-order valence-corrected chi connectivity index (χ0v) is 34.0. The maximum absolute atomic E-state index is 1.96. The molecule has 0 nitrogen and oxygen atoms in total. The summed E-state index contributed by atoms with van der Waals surface area (Å²) in [6.45, 7) is 0. The van der Waals surface area contributed by atoms with Crippen LogP contribution in [0.4, 0.5) is 0 Å². The van der Waals surface area contributed by atoms with Gasteiger partial charge in [0.15, 0.2) is 0 Å². The second-order valence-electron chi connectivity index (χ2n) is 42.3. The third kappa shape index (κ3) is 0.369. The summed E-state index contributed by atoms with van der Waals surface area (Å²) in [5.74, 6) is 34.4. The number of fused-ring (bicyclic) bond motifs is 17. The number of hydrogen-bond donors (Lipinski definition) is 0. The first-order chi connectivity index (χ1) is 31.4. The molecule has 0 bridgehead atoms. The zero-order chi connectivity index (χ0) is 34.0. The highest BCUT2D eigenvalue weighted by Gasteiger charge is 3.80. The van der Waals surface area contributed by atoms with Crippen LogP contribution in [0.15, 0.2) is 0 Å². The molecule has 49 aliphatic rings. The third-order valence-electron chi connectivity index (χ3n) is 58.2. The van der Waals surface area contributed by atoms with Gasteiger partial charge in [-0.2, -0.15) is 0 Å². The van der Waals surface area contributed by atoms with Crippen molar-refractivity contribution in [3.05, 3.63) is 0 Å². The van der Waals surface area contributed by atoms with E-state index in [1.165, 1.54) is 202 Å². The topological polar surface area (TPSA) is 0 Å². The minimum atomic E-state index is 1.06. The quantitative estimate of drug-likeness (QED) is 0.347. The molecule has 49 saturated carbocycles. The van der Waals surface area contributed by atoms with E-state index in [9.17, 15) is 0 Å². The van der Waals surface area contributed by atoms with Gasteiger partial charge in [-0.1, -0.05) is 0 Å². The maximum Gasteiger partial charge on any atom is -0.0000253 e. The molecule has 0 aromatic rings. The van der Waals surface area contributed by atoms with Crippen molar-refractivity contribution >= 4 is 0 Å². The van der Waals surface area contributed by atoms with Gasteiger partial charge in [0.25, 0.3) is 0 Å². The fraction of sp³-hybridized carbons (Fsp3) is 1.00. The van der Waals surface area contributed by atoms with Crippen molar-refractivity contribution in [3.63, 3.8) is 0 Å². The molecule has 63 heavy (non-hydrogen) atoms. The van der Waals surface area contributed by atoms with Crippen LogP contribution >= 0.6 is 0 Å². The second kappa shape index (κ2) is 2.72. The van der Waals surface area contributed by atoms with Gasteiger partial charge in [-0.3, -0.25) is 0 Å². The highest BCUT2D eigenvalue weighted by Crippen LogP contribution is 3.80. The van der Waals surface area contributed by atoms with E-state index in [-0.39, 0.29) is 0 Å². The summed E-state index contributed by atoms with van der Waals surface area (Å²) in [6.07, 6.45) is 5.74. The van der Waals surface area contributed by atoms with Gasteiger partial charge in [0.2, 0.25) is 0 Å². The number of rotatable bonds is 0. The van der Waals surface area contributed by atoms with Crippen LogP contribution in [0.5, 0.6) is 0 Å². The Hall–Kier alpha value is 0. The van der Waals surface area contributed by atoms with Crippen molar-refractivity contribution in [2.75, 3.05) is 0 Å². The third-order valence-corrected chi connectivity index (χ3v) is 58.2. The Kier molecular flexibility index (Phi) is 0.850. The Bertz CT molecular complexity index is 4700. The van der Waals surface area contributed by atoms with Crippen LogP contribution in [-0.2, 0) is 0 Å². The SMILES string of the molecule is C1C2C3C4C5C6CC7C8C9C%10C%11C%12C%13CC%14%15C%16C%17C%18C%19C%14C%14%20C%13%15C%12%13C%11%12C%10%11C9%10C89C67C56C45C34C23C1C1C2C7C8C%15C%16C%17%16C%18%17C%19%14C%14%18C%17%19C%15%16C8%15C78C27C13C41C52C69C%103C%114C%12(C%20%13%14)C%185C%15%19C86C71C23C645. The minimum absolute atomic E-state index is 1.06. The summed E-state index contributed by atoms with van der Waals surface area (Å²) in [4.78, 5) is 0. The Labute approximate surface area is 354 Å². The van der Waals surface area contributed by atoms with Gasteiger partial charge >= 0.3 is 0 Å². The van der Waals surface area contributed by atoms with Crippen LogP contribution in [0.25, 0.3) is 0 Å². The molecule has 0 heterocycles. The Morgan fingerprint density at radius 1 is 0.190 bits per heavy atom. The Morgan fingerprint density at radius 3 is 1.05 bits per heavy atom. The normalized spacial score (nSPS) is 152. The molecule has 0 radical (unpaired) electrons. The van der Waals surface area contributed by atoms with Crippen molar-refractivity contribution < 1.29 is 0 Å². The van der Waals surface area contributed by atoms with E-state index in [1.807, 2.05) is 19.3 Å². The van der Waals surface area contributed by atoms with E-state index >= 15 is 0 Å². The molecule has 0 saturated heterocycles. The van der Waals surface area contributed by atoms with Gasteiger partial charge in [-0.25, -0.2) is 0 Å². The van der Waals surface area contributed by atoms with Gasteiger partial charge < -0.3 is 0 Å². The summed E-state index contributed by atoms with van der Waals surface area (Å²) in [5, 5.41) is 0. The van der Waals surface area contributed by atoms with Gasteiger partial charge in [-0.15, -0.1) is 0 Å². The molecule has 0 aromatic heterocycles. The summed E-state index contributed by atoms with van der Waals surface area (Å²) in [5.41, 5.74) is 41.4. The van der Waals surface area contributed by atoms with Gasteiger partial charge in [0.1, 0.15) is 0 Å². The Balaban J connectivity index is 0.795. The number of hydrogen-bond acceptors (Lipinski definition) is 0. The smallest absolute Gasteiger partial charge is 0.0000253 e. The van der Waals surface area contributed by atoms with E-state index in [0.29, 0.717) is 0 Å². The molecule has 0 aromatic carbocycles. The van der Waals surface area contributed by atoms with Gasteiger partial charge in [0.05, 0.1) is 0 Å². The highest BCUT2D eigenvalue weighted by molar-refractivity contribution is 6.23. The first-order valence-electron chi connectivity index (χ1n) is 31.4. The lowest BCUT2D eigenvalue weighted by Gasteiger charge is -3.76. The van der Waals surface area contributed by atoms with Gasteiger partial charge in [0, 0.05) is 0 Å². The molecule has 0 amide bonds. The standard InChI is InChI=1S/C63H30/c1-5-10-17-9-4-2-7-12-19-24-25-21-15-14-16-22-26-27-28(14)3-8-13-20-23-18-11-6(1)30(5)34(10)40(17)33(9)29(4,7)35(12)41(19)45(24)43(25)37(21)31(15,16)38(22)47(26)48(27)32(8,28)39(13)44(20)46(23)42(18)36(11,30)50(34)53(40)49(33,35)55(41)59(45)57(43)51(37,38)54(47)52(39,48)58(44)60(46)56(42,50)61(53,55)63(59,60)62(54,57)58/h4-27H,1-3H2. The zero-order valence-electron chi connectivity index (χ0n) is 34.0. The fourth-order valence-electron chi connectivity index (χ4n) is 76.3. The monoisotopic (exact) mass is 786 g/mol. The van der Waals surface area contributed by atoms with E-state index in [1.54, 1.807) is 0 Å². The molecule has 60 atom stereocenters. The second-order valence-corrected chi connectivity index (χ2v) is 42.3. The van der Waals surface area contributed by atoms with E-state index in [0.717, 1.165) is 135 Å². The largest absolute Gasteiger partial charge is 0.0458 e. The summed E-state index contributed by atoms with van der Waals surface area (Å²) in [7, 11) is 0. The summed E-state index contributed by atoms with van der Waals surface area (Å²) >= 11 is 0. The van der Waals surface area contributed by atoms with Crippen LogP contribution in [-0.4, -0.2) is 0 Å². The molecule has 49 fully saturated rings. The van der Waals surface area contributed by atoms with E-state index < -0.39 is 0 Å². The highest BCUT2D eigenvalue weighted by atomic mass is 15.8. The van der Waals surface area contributed by atoms with Crippen LogP contribution in [0, 0.1) is 337 Å². The lowest BCUT2D eigenvalue weighted by molar-refractivity contribution is -1.32. The van der Waals surface area contributed by atoms with Crippen molar-refractivity contribution in [1.82, 2.24) is 0 Å². The Morgan fingerprint density at radius 2 is 0.508 bits per heavy atom. The molecule has 0 N–H and O–H groups in total. The molecule has 282 valence electrons. The molecule has 60 unspecified atom stereocenters. The lowest BCUT2D eigenvalue weighted by Crippen LogP contribution is -3.75. The predicted octanol–water partition coefficient (Wildman–Crippen LogP) is 4.12. The summed E-state index contributed by atoms with van der Waals surface area (Å²) in [6, 6.07) is 0. The van der Waals surface area contributed by atoms with Crippen LogP contribution in [0.2, 0.25) is 0 Å². The fourth-order valence-corrected chi connectivity index (χ4v) is 76.3. The molecular weight excluding hydrogens is 757 g/mol. The molecule has 0 heteroatoms. The van der Waals surface area contributed by atoms with Crippen molar-refractivity contribution in [1.29, 1.82) is 0 Å². The van der Waals surface area contributed by atoms with Crippen molar-refractivity contribution in [3.8, 4) is 0 Å². The first-order valence-corrected chi connectivity index (χ1v) is 31.4. The minimum Gasteiger partial charge on any atom is -0.0458 e. The van der Waals surface area contributed by atoms with Crippen LogP contribution in [0.3, 0.4) is 0 Å². The van der Waals surface area contributed by atoms with Gasteiger partial charge in [-0.05, 0) is 356 Å². The van der Waals surface area contributed by atoms with Crippen molar-refractivity contribution in [2.45, 2.75) is 19.3 Å². The predicted molar refractivity (Wildman–Crippen MR) is 185 cm³/mol. The van der Waals surface area contributed by atoms with Crippen LogP contribution < -0.4 is 0 Å². The lowest BCUT2D eigenvalue weighted by atomic mass is 8.26. The molecule has 36 spiro atoms.